The summed E-state index contributed by atoms with van der Waals surface area (Å²) in [5.41, 5.74) is 2.00. The molecule has 134 valence electrons. The fourth-order valence-electron chi connectivity index (χ4n) is 3.38. The van der Waals surface area contributed by atoms with Gasteiger partial charge in [0.15, 0.2) is 0 Å². The first kappa shape index (κ1) is 16.9. The highest BCUT2D eigenvalue weighted by atomic mass is 32.1. The van der Waals surface area contributed by atoms with E-state index in [0.29, 0.717) is 11.4 Å². The Hall–Kier alpha value is -2.54. The van der Waals surface area contributed by atoms with E-state index in [-0.39, 0.29) is 5.91 Å². The second-order valence-corrected chi connectivity index (χ2v) is 7.52. The van der Waals surface area contributed by atoms with Gasteiger partial charge in [0.1, 0.15) is 17.0 Å². The maximum Gasteiger partial charge on any atom is 0.261 e. The number of aromatic nitrogens is 3. The number of fused-ring (bicyclic) bond motifs is 1. The predicted octanol–water partition coefficient (Wildman–Crippen LogP) is 3.32. The summed E-state index contributed by atoms with van der Waals surface area (Å²) in [4.78, 5) is 29.6. The molecule has 0 spiro atoms. The molecule has 4 rings (SSSR count). The van der Waals surface area contributed by atoms with Crippen molar-refractivity contribution in [3.8, 4) is 0 Å². The Morgan fingerprint density at radius 1 is 1.19 bits per heavy atom. The smallest absolute Gasteiger partial charge is 0.261 e. The molecule has 0 radical (unpaired) electrons. The highest BCUT2D eigenvalue weighted by molar-refractivity contribution is 7.20. The maximum atomic E-state index is 12.7. The Morgan fingerprint density at radius 3 is 2.73 bits per heavy atom. The number of amides is 1. The molecule has 3 aromatic heterocycles. The van der Waals surface area contributed by atoms with Gasteiger partial charge in [0, 0.05) is 32.0 Å². The van der Waals surface area contributed by atoms with Crippen LogP contribution in [0.3, 0.4) is 0 Å². The molecule has 0 atom stereocenters. The number of hydrogen-bond acceptors (Lipinski definition) is 6. The minimum atomic E-state index is -0.0630. The summed E-state index contributed by atoms with van der Waals surface area (Å²) >= 11 is 1.44. The summed E-state index contributed by atoms with van der Waals surface area (Å²) < 4.78 is 0. The van der Waals surface area contributed by atoms with E-state index < -0.39 is 0 Å². The van der Waals surface area contributed by atoms with E-state index in [4.69, 9.17) is 0 Å². The molecule has 0 bridgehead atoms. The van der Waals surface area contributed by atoms with Crippen LogP contribution in [0.25, 0.3) is 10.2 Å². The lowest BCUT2D eigenvalue weighted by Crippen LogP contribution is -2.30. The van der Waals surface area contributed by atoms with Crippen molar-refractivity contribution in [1.82, 2.24) is 20.3 Å². The molecule has 1 amide bonds. The fourth-order valence-corrected chi connectivity index (χ4v) is 4.44. The molecule has 0 aliphatic carbocycles. The number of rotatable bonds is 4. The van der Waals surface area contributed by atoms with Gasteiger partial charge < -0.3 is 10.2 Å². The number of carbonyl (C=O) groups excluding carboxylic acids is 1. The van der Waals surface area contributed by atoms with Crippen LogP contribution in [0, 0.1) is 6.92 Å². The summed E-state index contributed by atoms with van der Waals surface area (Å²) in [5.74, 6) is 0.906. The highest BCUT2D eigenvalue weighted by Gasteiger charge is 2.22. The average molecular weight is 367 g/mol. The molecule has 1 N–H and O–H groups in total. The Labute approximate surface area is 156 Å². The number of piperidine rings is 1. The first-order valence-electron chi connectivity index (χ1n) is 8.90. The van der Waals surface area contributed by atoms with Gasteiger partial charge in [0.2, 0.25) is 0 Å². The molecule has 1 saturated heterocycles. The van der Waals surface area contributed by atoms with E-state index in [2.05, 4.69) is 25.2 Å². The van der Waals surface area contributed by atoms with Gasteiger partial charge in [0.25, 0.3) is 5.91 Å². The Bertz CT molecular complexity index is 918. The zero-order valence-corrected chi connectivity index (χ0v) is 15.6. The van der Waals surface area contributed by atoms with Crippen LogP contribution in [0.5, 0.6) is 0 Å². The lowest BCUT2D eigenvalue weighted by molar-refractivity contribution is 0.0954. The third-order valence-electron chi connectivity index (χ3n) is 4.77. The van der Waals surface area contributed by atoms with Crippen molar-refractivity contribution in [2.75, 3.05) is 18.0 Å². The molecule has 7 heteroatoms. The van der Waals surface area contributed by atoms with Crippen molar-refractivity contribution in [2.24, 2.45) is 0 Å². The van der Waals surface area contributed by atoms with Crippen molar-refractivity contribution in [3.05, 3.63) is 46.9 Å². The van der Waals surface area contributed by atoms with Gasteiger partial charge in [-0.05, 0) is 49.4 Å². The quantitative estimate of drug-likeness (QED) is 0.766. The SMILES string of the molecule is Cc1c(C(=O)NCc2ccncc2)sc2ncnc(N3CCCCC3)c12. The molecule has 1 fully saturated rings. The van der Waals surface area contributed by atoms with Crippen LogP contribution in [0.1, 0.15) is 40.1 Å². The van der Waals surface area contributed by atoms with Gasteiger partial charge in [0.05, 0.1) is 10.3 Å². The highest BCUT2D eigenvalue weighted by Crippen LogP contribution is 2.35. The molecule has 0 unspecified atom stereocenters. The van der Waals surface area contributed by atoms with Gasteiger partial charge >= 0.3 is 0 Å². The molecule has 4 heterocycles. The first-order chi connectivity index (χ1) is 12.7. The van der Waals surface area contributed by atoms with E-state index in [1.54, 1.807) is 18.7 Å². The third-order valence-corrected chi connectivity index (χ3v) is 5.97. The van der Waals surface area contributed by atoms with Crippen LogP contribution in [-0.4, -0.2) is 33.9 Å². The molecule has 26 heavy (non-hydrogen) atoms. The van der Waals surface area contributed by atoms with Crippen LogP contribution in [0.15, 0.2) is 30.9 Å². The monoisotopic (exact) mass is 367 g/mol. The van der Waals surface area contributed by atoms with Gasteiger partial charge in [-0.15, -0.1) is 11.3 Å². The van der Waals surface area contributed by atoms with Crippen LogP contribution in [0.2, 0.25) is 0 Å². The van der Waals surface area contributed by atoms with Gasteiger partial charge in [-0.2, -0.15) is 0 Å². The van der Waals surface area contributed by atoms with Crippen molar-refractivity contribution in [3.63, 3.8) is 0 Å². The summed E-state index contributed by atoms with van der Waals surface area (Å²) in [6.07, 6.45) is 8.72. The third kappa shape index (κ3) is 3.26. The molecule has 1 aliphatic heterocycles. The number of pyridine rings is 1. The zero-order chi connectivity index (χ0) is 17.9. The zero-order valence-electron chi connectivity index (χ0n) is 14.7. The van der Waals surface area contributed by atoms with Gasteiger partial charge in [-0.1, -0.05) is 0 Å². The minimum absolute atomic E-state index is 0.0630. The maximum absolute atomic E-state index is 12.7. The normalized spacial score (nSPS) is 14.6. The molecular formula is C19H21N5OS. The van der Waals surface area contributed by atoms with Crippen molar-refractivity contribution >= 4 is 33.3 Å². The summed E-state index contributed by atoms with van der Waals surface area (Å²) in [5, 5.41) is 4.02. The van der Waals surface area contributed by atoms with Gasteiger partial charge in [-0.25, -0.2) is 9.97 Å². The number of nitrogens with zero attached hydrogens (tertiary/aromatic N) is 4. The number of nitrogens with one attached hydrogen (secondary N) is 1. The van der Waals surface area contributed by atoms with E-state index in [1.807, 2.05) is 19.1 Å². The molecule has 3 aromatic rings. The lowest BCUT2D eigenvalue weighted by atomic mass is 10.1. The van der Waals surface area contributed by atoms with Gasteiger partial charge in [-0.3, -0.25) is 9.78 Å². The molecule has 1 aliphatic rings. The number of anilines is 1. The first-order valence-corrected chi connectivity index (χ1v) is 9.72. The summed E-state index contributed by atoms with van der Waals surface area (Å²) in [6, 6.07) is 3.80. The van der Waals surface area contributed by atoms with Crippen molar-refractivity contribution in [1.29, 1.82) is 0 Å². The van der Waals surface area contributed by atoms with E-state index in [9.17, 15) is 4.79 Å². The van der Waals surface area contributed by atoms with Crippen LogP contribution in [-0.2, 0) is 6.54 Å². The fraction of sp³-hybridized carbons (Fsp3) is 0.368. The molecule has 0 saturated carbocycles. The van der Waals surface area contributed by atoms with E-state index in [1.165, 1.54) is 30.6 Å². The topological polar surface area (TPSA) is 71.0 Å². The standard InChI is InChI=1S/C19H21N5OS/c1-13-15-17(24-9-3-2-4-10-24)22-12-23-19(15)26-16(13)18(25)21-11-14-5-7-20-8-6-14/h5-8,12H,2-4,9-11H2,1H3,(H,21,25). The predicted molar refractivity (Wildman–Crippen MR) is 104 cm³/mol. The summed E-state index contributed by atoms with van der Waals surface area (Å²) in [7, 11) is 0. The molecular weight excluding hydrogens is 346 g/mol. The van der Waals surface area contributed by atoms with E-state index in [0.717, 1.165) is 40.3 Å². The van der Waals surface area contributed by atoms with Crippen LogP contribution in [0.4, 0.5) is 5.82 Å². The molecule has 6 nitrogen and oxygen atoms in total. The Balaban J connectivity index is 1.61. The number of hydrogen-bond donors (Lipinski definition) is 1. The number of carbonyl (C=O) groups is 1. The number of aryl methyl sites for hydroxylation is 1. The second kappa shape index (κ2) is 7.37. The Kier molecular flexibility index (Phi) is 4.79. The Morgan fingerprint density at radius 2 is 1.96 bits per heavy atom. The van der Waals surface area contributed by atoms with Crippen molar-refractivity contribution < 1.29 is 4.79 Å². The summed E-state index contributed by atoms with van der Waals surface area (Å²) in [6.45, 7) is 4.52. The number of thiophene rings is 1. The average Bonchev–Trinajstić information content (AvgIpc) is 3.04. The lowest BCUT2D eigenvalue weighted by Gasteiger charge is -2.28. The van der Waals surface area contributed by atoms with Crippen molar-refractivity contribution in [2.45, 2.75) is 32.7 Å². The minimum Gasteiger partial charge on any atom is -0.356 e. The van der Waals surface area contributed by atoms with E-state index >= 15 is 0 Å². The van der Waals surface area contributed by atoms with Crippen LogP contribution >= 0.6 is 11.3 Å². The largest absolute Gasteiger partial charge is 0.356 e. The molecule has 0 aromatic carbocycles. The second-order valence-electron chi connectivity index (χ2n) is 6.52. The van der Waals surface area contributed by atoms with Crippen LogP contribution < -0.4 is 10.2 Å².